The van der Waals surface area contributed by atoms with Crippen LogP contribution in [0.5, 0.6) is 0 Å². The van der Waals surface area contributed by atoms with Gasteiger partial charge in [-0.3, -0.25) is 4.79 Å². The molecule has 2 aromatic carbocycles. The summed E-state index contributed by atoms with van der Waals surface area (Å²) in [6, 6.07) is 8.67. The fraction of sp³-hybridized carbons (Fsp3) is 0.188. The lowest BCUT2D eigenvalue weighted by molar-refractivity contribution is -0.117. The Balaban J connectivity index is 2.00. The first-order chi connectivity index (χ1) is 9.99. The molecule has 1 N–H and O–H groups in total. The van der Waals surface area contributed by atoms with E-state index in [2.05, 4.69) is 0 Å². The van der Waals surface area contributed by atoms with E-state index in [-0.39, 0.29) is 17.9 Å². The molecule has 1 aliphatic rings. The molecular formula is C16H13F2NO2. The van der Waals surface area contributed by atoms with E-state index in [1.54, 1.807) is 25.2 Å². The van der Waals surface area contributed by atoms with Crippen LogP contribution in [0.25, 0.3) is 0 Å². The first-order valence-electron chi connectivity index (χ1n) is 6.50. The van der Waals surface area contributed by atoms with E-state index in [1.807, 2.05) is 0 Å². The zero-order valence-electron chi connectivity index (χ0n) is 11.3. The van der Waals surface area contributed by atoms with E-state index in [9.17, 15) is 18.7 Å². The third kappa shape index (κ3) is 2.19. The second-order valence-corrected chi connectivity index (χ2v) is 5.06. The fourth-order valence-electron chi connectivity index (χ4n) is 2.57. The standard InChI is InChI=1S/C16H13F2NO2/c1-19-13-6-5-9(7-10(13)8-14(19)20)16(21)11-3-2-4-12(17)15(11)18/h2-7,16,21H,8H2,1H3. The largest absolute Gasteiger partial charge is 0.384 e. The van der Waals surface area contributed by atoms with E-state index >= 15 is 0 Å². The number of aliphatic hydroxyl groups excluding tert-OH is 1. The maximum absolute atomic E-state index is 13.7. The predicted molar refractivity (Wildman–Crippen MR) is 74.0 cm³/mol. The molecule has 108 valence electrons. The normalized spacial score (nSPS) is 15.2. The molecule has 1 amide bonds. The molecule has 0 saturated heterocycles. The van der Waals surface area contributed by atoms with E-state index < -0.39 is 17.7 Å². The topological polar surface area (TPSA) is 40.5 Å². The number of rotatable bonds is 2. The smallest absolute Gasteiger partial charge is 0.231 e. The number of carbonyl (C=O) groups is 1. The van der Waals surface area contributed by atoms with Crippen LogP contribution in [0, 0.1) is 11.6 Å². The molecule has 0 saturated carbocycles. The zero-order chi connectivity index (χ0) is 15.1. The van der Waals surface area contributed by atoms with E-state index in [1.165, 1.54) is 17.0 Å². The molecule has 1 unspecified atom stereocenters. The number of benzene rings is 2. The van der Waals surface area contributed by atoms with Gasteiger partial charge in [-0.15, -0.1) is 0 Å². The summed E-state index contributed by atoms with van der Waals surface area (Å²) in [5.74, 6) is -2.09. The van der Waals surface area contributed by atoms with Crippen molar-refractivity contribution in [3.8, 4) is 0 Å². The van der Waals surface area contributed by atoms with Gasteiger partial charge in [-0.25, -0.2) is 8.78 Å². The molecule has 0 radical (unpaired) electrons. The van der Waals surface area contributed by atoms with Crippen LogP contribution in [0.1, 0.15) is 22.8 Å². The average molecular weight is 289 g/mol. The van der Waals surface area contributed by atoms with Crippen LogP contribution in [0.4, 0.5) is 14.5 Å². The van der Waals surface area contributed by atoms with Crippen molar-refractivity contribution in [2.45, 2.75) is 12.5 Å². The number of likely N-dealkylation sites (N-methyl/N-ethyl adjacent to an activating group) is 1. The highest BCUT2D eigenvalue weighted by Crippen LogP contribution is 2.32. The van der Waals surface area contributed by atoms with Crippen molar-refractivity contribution in [3.63, 3.8) is 0 Å². The number of nitrogens with zero attached hydrogens (tertiary/aromatic N) is 1. The summed E-state index contributed by atoms with van der Waals surface area (Å²) in [6.45, 7) is 0. The molecule has 1 aliphatic heterocycles. The van der Waals surface area contributed by atoms with Crippen LogP contribution >= 0.6 is 0 Å². The highest BCUT2D eigenvalue weighted by atomic mass is 19.2. The number of amides is 1. The minimum absolute atomic E-state index is 0.0337. The summed E-state index contributed by atoms with van der Waals surface area (Å²) >= 11 is 0. The van der Waals surface area contributed by atoms with Gasteiger partial charge in [-0.2, -0.15) is 0 Å². The highest BCUT2D eigenvalue weighted by Gasteiger charge is 2.26. The number of aliphatic hydroxyl groups is 1. The van der Waals surface area contributed by atoms with Gasteiger partial charge < -0.3 is 10.0 Å². The number of halogens is 2. The third-order valence-corrected chi connectivity index (χ3v) is 3.77. The molecule has 0 aliphatic carbocycles. The van der Waals surface area contributed by atoms with Gasteiger partial charge in [-0.1, -0.05) is 24.3 Å². The van der Waals surface area contributed by atoms with Gasteiger partial charge in [-0.05, 0) is 23.3 Å². The summed E-state index contributed by atoms with van der Waals surface area (Å²) < 4.78 is 27.0. The van der Waals surface area contributed by atoms with Gasteiger partial charge in [0.15, 0.2) is 11.6 Å². The van der Waals surface area contributed by atoms with Crippen LogP contribution in [-0.2, 0) is 11.2 Å². The molecule has 0 fully saturated rings. The van der Waals surface area contributed by atoms with Gasteiger partial charge in [0, 0.05) is 18.3 Å². The Labute approximate surface area is 120 Å². The Morgan fingerprint density at radius 1 is 1.24 bits per heavy atom. The van der Waals surface area contributed by atoms with Crippen molar-refractivity contribution >= 4 is 11.6 Å². The monoisotopic (exact) mass is 289 g/mol. The Morgan fingerprint density at radius 2 is 2.00 bits per heavy atom. The number of hydrogen-bond donors (Lipinski definition) is 1. The van der Waals surface area contributed by atoms with Crippen LogP contribution in [0.3, 0.4) is 0 Å². The molecule has 1 atom stereocenters. The van der Waals surface area contributed by atoms with E-state index in [0.717, 1.165) is 17.3 Å². The quantitative estimate of drug-likeness (QED) is 0.923. The summed E-state index contributed by atoms with van der Waals surface area (Å²) in [5, 5.41) is 10.3. The maximum atomic E-state index is 13.7. The number of anilines is 1. The van der Waals surface area contributed by atoms with Crippen LogP contribution in [0.15, 0.2) is 36.4 Å². The zero-order valence-corrected chi connectivity index (χ0v) is 11.3. The van der Waals surface area contributed by atoms with E-state index in [0.29, 0.717) is 5.56 Å². The van der Waals surface area contributed by atoms with Crippen molar-refractivity contribution in [2.75, 3.05) is 11.9 Å². The maximum Gasteiger partial charge on any atom is 0.231 e. The van der Waals surface area contributed by atoms with Gasteiger partial charge in [0.05, 0.1) is 6.42 Å². The second kappa shape index (κ2) is 4.93. The summed E-state index contributed by atoms with van der Waals surface area (Å²) in [4.78, 5) is 13.2. The Hall–Kier alpha value is -2.27. The molecule has 0 spiro atoms. The fourth-order valence-corrected chi connectivity index (χ4v) is 2.57. The van der Waals surface area contributed by atoms with Gasteiger partial charge in [0.25, 0.3) is 0 Å². The van der Waals surface area contributed by atoms with Crippen molar-refractivity contribution in [1.29, 1.82) is 0 Å². The molecule has 21 heavy (non-hydrogen) atoms. The minimum atomic E-state index is -1.27. The summed E-state index contributed by atoms with van der Waals surface area (Å²) in [7, 11) is 1.68. The predicted octanol–water partition coefficient (Wildman–Crippen LogP) is 2.57. The number of carbonyl (C=O) groups excluding carboxylic acids is 1. The van der Waals surface area contributed by atoms with Gasteiger partial charge in [0.1, 0.15) is 6.10 Å². The number of fused-ring (bicyclic) bond motifs is 1. The highest BCUT2D eigenvalue weighted by molar-refractivity contribution is 6.00. The first-order valence-corrected chi connectivity index (χ1v) is 6.50. The minimum Gasteiger partial charge on any atom is -0.384 e. The average Bonchev–Trinajstić information content (AvgIpc) is 2.76. The summed E-state index contributed by atoms with van der Waals surface area (Å²) in [6.07, 6.45) is -1.02. The van der Waals surface area contributed by atoms with Crippen molar-refractivity contribution in [2.24, 2.45) is 0 Å². The Morgan fingerprint density at radius 3 is 2.76 bits per heavy atom. The van der Waals surface area contributed by atoms with Crippen LogP contribution < -0.4 is 4.90 Å². The SMILES string of the molecule is CN1C(=O)Cc2cc(C(O)c3cccc(F)c3F)ccc21. The molecule has 1 heterocycles. The molecule has 2 aromatic rings. The molecule has 0 aromatic heterocycles. The number of hydrogen-bond acceptors (Lipinski definition) is 2. The molecule has 3 nitrogen and oxygen atoms in total. The van der Waals surface area contributed by atoms with Crippen molar-refractivity contribution in [1.82, 2.24) is 0 Å². The molecule has 0 bridgehead atoms. The third-order valence-electron chi connectivity index (χ3n) is 3.77. The van der Waals surface area contributed by atoms with Crippen LogP contribution in [-0.4, -0.2) is 18.1 Å². The lowest BCUT2D eigenvalue weighted by Crippen LogP contribution is -2.20. The summed E-state index contributed by atoms with van der Waals surface area (Å²) in [5.41, 5.74) is 1.86. The lowest BCUT2D eigenvalue weighted by atomic mass is 9.98. The van der Waals surface area contributed by atoms with Gasteiger partial charge >= 0.3 is 0 Å². The second-order valence-electron chi connectivity index (χ2n) is 5.06. The van der Waals surface area contributed by atoms with Gasteiger partial charge in [0.2, 0.25) is 5.91 Å². The van der Waals surface area contributed by atoms with E-state index in [4.69, 9.17) is 0 Å². The van der Waals surface area contributed by atoms with Crippen molar-refractivity contribution in [3.05, 3.63) is 64.7 Å². The lowest BCUT2D eigenvalue weighted by Gasteiger charge is -2.15. The Bertz CT molecular complexity index is 730. The Kier molecular flexibility index (Phi) is 3.22. The molecule has 3 rings (SSSR count). The van der Waals surface area contributed by atoms with Crippen molar-refractivity contribution < 1.29 is 18.7 Å². The molecule has 5 heteroatoms. The molecular weight excluding hydrogens is 276 g/mol. The van der Waals surface area contributed by atoms with Crippen LogP contribution in [0.2, 0.25) is 0 Å². The first kappa shape index (κ1) is 13.7.